The molecule has 0 N–H and O–H groups in total. The molecule has 1 heteroatoms. The van der Waals surface area contributed by atoms with E-state index in [2.05, 4.69) is 24.3 Å². The fraction of sp³-hybridized carbons (Fsp3) is 0.429. The number of hydrogen-bond acceptors (Lipinski definition) is 0. The second kappa shape index (κ2) is 10.2. The molecule has 0 aromatic heterocycles. The smallest absolute Gasteiger partial charge is 0 e. The van der Waals surface area contributed by atoms with Gasteiger partial charge in [-0.2, -0.15) is 0 Å². The minimum Gasteiger partial charge on any atom is -0.0914 e. The second-order valence-corrected chi connectivity index (χ2v) is 1.37. The molecule has 0 aromatic rings. The van der Waals surface area contributed by atoms with Crippen LogP contribution in [-0.4, -0.2) is 0 Å². The Morgan fingerprint density at radius 2 is 1.38 bits per heavy atom. The summed E-state index contributed by atoms with van der Waals surface area (Å²) in [5, 5.41) is 0. The third kappa shape index (κ3) is 9.48. The zero-order valence-electron chi connectivity index (χ0n) is 5.33. The van der Waals surface area contributed by atoms with Crippen LogP contribution in [0, 0.1) is 0 Å². The zero-order chi connectivity index (χ0) is 5.54. The van der Waals surface area contributed by atoms with Crippen molar-refractivity contribution in [3.8, 4) is 0 Å². The first-order valence-electron chi connectivity index (χ1n) is 2.64. The standard InChI is InChI=1S/C7H12.Pt/c1-3-5-7-6-4-2;/h3-6H,7H2,1-2H3;. The maximum absolute atomic E-state index is 2.12. The van der Waals surface area contributed by atoms with Gasteiger partial charge in [0.15, 0.2) is 0 Å². The Bertz CT molecular complexity index is 62.5. The largest absolute Gasteiger partial charge is 0.0914 e. The van der Waals surface area contributed by atoms with Crippen LogP contribution in [0.1, 0.15) is 20.3 Å². The van der Waals surface area contributed by atoms with Crippen molar-refractivity contribution in [2.24, 2.45) is 0 Å². The second-order valence-electron chi connectivity index (χ2n) is 1.37. The van der Waals surface area contributed by atoms with Gasteiger partial charge in [0.1, 0.15) is 0 Å². The normalized spacial score (nSPS) is 10.2. The Kier molecular flexibility index (Phi) is 14.1. The van der Waals surface area contributed by atoms with E-state index in [-0.39, 0.29) is 21.1 Å². The minimum atomic E-state index is 0. The summed E-state index contributed by atoms with van der Waals surface area (Å²) in [5.74, 6) is 0. The fourth-order valence-corrected chi connectivity index (χ4v) is 0.351. The third-order valence-corrected chi connectivity index (χ3v) is 0.744. The molecule has 8 heavy (non-hydrogen) atoms. The van der Waals surface area contributed by atoms with E-state index in [1.807, 2.05) is 13.8 Å². The molecule has 0 fully saturated rings. The van der Waals surface area contributed by atoms with Crippen LogP contribution >= 0.6 is 0 Å². The molecule has 0 aliphatic rings. The van der Waals surface area contributed by atoms with Gasteiger partial charge in [0.05, 0.1) is 0 Å². The van der Waals surface area contributed by atoms with Crippen LogP contribution in [0.3, 0.4) is 0 Å². The topological polar surface area (TPSA) is 0 Å². The molecule has 0 saturated carbocycles. The van der Waals surface area contributed by atoms with Gasteiger partial charge in [-0.05, 0) is 20.3 Å². The van der Waals surface area contributed by atoms with E-state index < -0.39 is 0 Å². The zero-order valence-corrected chi connectivity index (χ0v) is 7.60. The van der Waals surface area contributed by atoms with Crippen LogP contribution < -0.4 is 0 Å². The number of rotatable bonds is 2. The molecule has 0 aliphatic heterocycles. The first kappa shape index (κ1) is 11.0. The van der Waals surface area contributed by atoms with Gasteiger partial charge in [-0.1, -0.05) is 24.3 Å². The molecule has 0 amide bonds. The monoisotopic (exact) mass is 291 g/mol. The maximum Gasteiger partial charge on any atom is 0 e. The quantitative estimate of drug-likeness (QED) is 0.686. The van der Waals surface area contributed by atoms with E-state index in [0.717, 1.165) is 6.42 Å². The van der Waals surface area contributed by atoms with Gasteiger partial charge in [0, 0.05) is 21.1 Å². The molecule has 0 nitrogen and oxygen atoms in total. The summed E-state index contributed by atoms with van der Waals surface area (Å²) < 4.78 is 0. The summed E-state index contributed by atoms with van der Waals surface area (Å²) in [6, 6.07) is 0. The molecule has 0 rings (SSSR count). The molecule has 0 unspecified atom stereocenters. The Labute approximate surface area is 65.9 Å². The average molecular weight is 291 g/mol. The van der Waals surface area contributed by atoms with Gasteiger partial charge in [0.2, 0.25) is 0 Å². The van der Waals surface area contributed by atoms with Crippen LogP contribution in [0.25, 0.3) is 0 Å². The van der Waals surface area contributed by atoms with Gasteiger partial charge in [0.25, 0.3) is 0 Å². The molecular formula is C7H12Pt. The molecule has 0 heterocycles. The van der Waals surface area contributed by atoms with E-state index in [9.17, 15) is 0 Å². The maximum atomic E-state index is 2.12. The van der Waals surface area contributed by atoms with Crippen molar-refractivity contribution in [2.75, 3.05) is 0 Å². The molecule has 0 aromatic carbocycles. The molecular weight excluding hydrogens is 279 g/mol. The van der Waals surface area contributed by atoms with Crippen molar-refractivity contribution >= 4 is 0 Å². The van der Waals surface area contributed by atoms with Crippen molar-refractivity contribution in [2.45, 2.75) is 20.3 Å². The molecule has 0 bridgehead atoms. The van der Waals surface area contributed by atoms with Crippen molar-refractivity contribution < 1.29 is 21.1 Å². The SMILES string of the molecule is CC=CCC=CC.[Pt]. The van der Waals surface area contributed by atoms with Gasteiger partial charge in [-0.15, -0.1) is 0 Å². The molecule has 0 saturated heterocycles. The summed E-state index contributed by atoms with van der Waals surface area (Å²) in [5.41, 5.74) is 0. The minimum absolute atomic E-state index is 0. The molecule has 50 valence electrons. The molecule has 0 spiro atoms. The van der Waals surface area contributed by atoms with E-state index in [1.165, 1.54) is 0 Å². The first-order valence-corrected chi connectivity index (χ1v) is 2.64. The first-order chi connectivity index (χ1) is 3.41. The fourth-order valence-electron chi connectivity index (χ4n) is 0.351. The summed E-state index contributed by atoms with van der Waals surface area (Å²) in [4.78, 5) is 0. The molecule has 0 atom stereocenters. The van der Waals surface area contributed by atoms with Crippen LogP contribution in [0.4, 0.5) is 0 Å². The number of hydrogen-bond donors (Lipinski definition) is 0. The van der Waals surface area contributed by atoms with E-state index >= 15 is 0 Å². The average Bonchev–Trinajstić information content (AvgIpc) is 1.69. The third-order valence-electron chi connectivity index (χ3n) is 0.744. The number of allylic oxidation sites excluding steroid dienone is 4. The van der Waals surface area contributed by atoms with E-state index in [0.29, 0.717) is 0 Å². The van der Waals surface area contributed by atoms with Crippen LogP contribution in [0.2, 0.25) is 0 Å². The van der Waals surface area contributed by atoms with Crippen molar-refractivity contribution in [3.05, 3.63) is 24.3 Å². The Balaban J connectivity index is 0. The predicted octanol–water partition coefficient (Wildman–Crippen LogP) is 2.53. The van der Waals surface area contributed by atoms with Gasteiger partial charge < -0.3 is 0 Å². The Morgan fingerprint density at radius 3 is 1.62 bits per heavy atom. The van der Waals surface area contributed by atoms with Crippen molar-refractivity contribution in [3.63, 3.8) is 0 Å². The van der Waals surface area contributed by atoms with Gasteiger partial charge in [-0.3, -0.25) is 0 Å². The van der Waals surface area contributed by atoms with Crippen molar-refractivity contribution in [1.82, 2.24) is 0 Å². The Morgan fingerprint density at radius 1 is 1.00 bits per heavy atom. The van der Waals surface area contributed by atoms with Crippen LogP contribution in [0.5, 0.6) is 0 Å². The Hall–Kier alpha value is 0.168. The van der Waals surface area contributed by atoms with E-state index in [4.69, 9.17) is 0 Å². The molecule has 0 radical (unpaired) electrons. The summed E-state index contributed by atoms with van der Waals surface area (Å²) >= 11 is 0. The van der Waals surface area contributed by atoms with E-state index in [1.54, 1.807) is 0 Å². The summed E-state index contributed by atoms with van der Waals surface area (Å²) in [6.45, 7) is 4.06. The van der Waals surface area contributed by atoms with Gasteiger partial charge >= 0.3 is 0 Å². The summed E-state index contributed by atoms with van der Waals surface area (Å²) in [7, 11) is 0. The summed E-state index contributed by atoms with van der Waals surface area (Å²) in [6.07, 6.45) is 9.44. The van der Waals surface area contributed by atoms with Crippen LogP contribution in [-0.2, 0) is 21.1 Å². The van der Waals surface area contributed by atoms with Crippen molar-refractivity contribution in [1.29, 1.82) is 0 Å². The predicted molar refractivity (Wildman–Crippen MR) is 34.2 cm³/mol. The van der Waals surface area contributed by atoms with Gasteiger partial charge in [-0.25, -0.2) is 0 Å². The molecule has 0 aliphatic carbocycles. The van der Waals surface area contributed by atoms with Crippen LogP contribution in [0.15, 0.2) is 24.3 Å².